The average molecular weight is 233 g/mol. The van der Waals surface area contributed by atoms with Crippen molar-refractivity contribution in [1.29, 1.82) is 0 Å². The van der Waals surface area contributed by atoms with Crippen molar-refractivity contribution in [2.45, 2.75) is 52.5 Å². The average Bonchev–Trinajstić information content (AvgIpc) is 3.15. The lowest BCUT2D eigenvalue weighted by Gasteiger charge is -2.07. The zero-order valence-electron chi connectivity index (χ0n) is 11.3. The molecular formula is C15H23NO. The number of hydrogen-bond donors (Lipinski definition) is 1. The molecule has 1 aliphatic carbocycles. The van der Waals surface area contributed by atoms with Gasteiger partial charge in [0.1, 0.15) is 0 Å². The Morgan fingerprint density at radius 2 is 1.71 bits per heavy atom. The van der Waals surface area contributed by atoms with Gasteiger partial charge in [0.25, 0.3) is 5.91 Å². The minimum atomic E-state index is 0.0628. The molecule has 1 fully saturated rings. The van der Waals surface area contributed by atoms with Crippen molar-refractivity contribution in [2.75, 3.05) is 0 Å². The van der Waals surface area contributed by atoms with Crippen molar-refractivity contribution < 1.29 is 4.79 Å². The van der Waals surface area contributed by atoms with E-state index in [1.54, 1.807) is 0 Å². The fourth-order valence-electron chi connectivity index (χ4n) is 1.52. The van der Waals surface area contributed by atoms with Crippen LogP contribution >= 0.6 is 0 Å². The first-order valence-electron chi connectivity index (χ1n) is 6.57. The molecule has 94 valence electrons. The minimum Gasteiger partial charge on any atom is -0.349 e. The lowest BCUT2D eigenvalue weighted by molar-refractivity contribution is 0.0951. The number of amides is 1. The van der Waals surface area contributed by atoms with E-state index in [9.17, 15) is 4.79 Å². The smallest absolute Gasteiger partial charge is 0.251 e. The highest BCUT2D eigenvalue weighted by atomic mass is 16.1. The highest BCUT2D eigenvalue weighted by Crippen LogP contribution is 2.20. The van der Waals surface area contributed by atoms with Crippen LogP contribution in [-0.2, 0) is 0 Å². The van der Waals surface area contributed by atoms with Crippen LogP contribution in [-0.4, -0.2) is 11.9 Å². The summed E-state index contributed by atoms with van der Waals surface area (Å²) >= 11 is 0. The number of carbonyl (C=O) groups is 1. The van der Waals surface area contributed by atoms with Gasteiger partial charge in [-0.05, 0) is 36.5 Å². The molecule has 17 heavy (non-hydrogen) atoms. The van der Waals surface area contributed by atoms with E-state index in [0.29, 0.717) is 12.0 Å². The Bertz CT molecular complexity index is 350. The zero-order chi connectivity index (χ0) is 12.8. The molecule has 0 bridgehead atoms. The fourth-order valence-corrected chi connectivity index (χ4v) is 1.52. The molecule has 1 saturated carbocycles. The fraction of sp³-hybridized carbons (Fsp3) is 0.533. The number of nitrogens with one attached hydrogen (secondary N) is 1. The molecule has 2 nitrogen and oxygen atoms in total. The second-order valence-electron chi connectivity index (χ2n) is 4.52. The summed E-state index contributed by atoms with van der Waals surface area (Å²) in [5.41, 5.74) is 2.05. The third kappa shape index (κ3) is 4.22. The van der Waals surface area contributed by atoms with Crippen LogP contribution in [0.4, 0.5) is 0 Å². The van der Waals surface area contributed by atoms with Gasteiger partial charge >= 0.3 is 0 Å². The SMILES string of the molecule is CC.CC(C)c1ccc(C(=O)NC2CC2)cc1. The molecule has 1 aromatic carbocycles. The Morgan fingerprint density at radius 1 is 1.18 bits per heavy atom. The quantitative estimate of drug-likeness (QED) is 0.846. The third-order valence-electron chi connectivity index (χ3n) is 2.75. The molecule has 2 heteroatoms. The Morgan fingerprint density at radius 3 is 2.12 bits per heavy atom. The summed E-state index contributed by atoms with van der Waals surface area (Å²) in [5, 5.41) is 2.98. The van der Waals surface area contributed by atoms with Gasteiger partial charge in [-0.15, -0.1) is 0 Å². The minimum absolute atomic E-state index is 0.0628. The van der Waals surface area contributed by atoms with Gasteiger partial charge in [0.2, 0.25) is 0 Å². The van der Waals surface area contributed by atoms with Crippen molar-refractivity contribution in [1.82, 2.24) is 5.32 Å². The number of carbonyl (C=O) groups excluding carboxylic acids is 1. The van der Waals surface area contributed by atoms with E-state index in [4.69, 9.17) is 0 Å². The highest BCUT2D eigenvalue weighted by molar-refractivity contribution is 5.94. The predicted octanol–water partition coefficient (Wildman–Crippen LogP) is 3.73. The number of rotatable bonds is 3. The summed E-state index contributed by atoms with van der Waals surface area (Å²) in [4.78, 5) is 11.7. The maximum absolute atomic E-state index is 11.7. The Hall–Kier alpha value is -1.31. The first kappa shape index (κ1) is 13.8. The molecular weight excluding hydrogens is 210 g/mol. The Labute approximate surface area is 104 Å². The molecule has 2 rings (SSSR count). The third-order valence-corrected chi connectivity index (χ3v) is 2.75. The molecule has 0 aromatic heterocycles. The lowest BCUT2D eigenvalue weighted by Crippen LogP contribution is -2.25. The monoisotopic (exact) mass is 233 g/mol. The molecule has 0 radical (unpaired) electrons. The van der Waals surface area contributed by atoms with Gasteiger partial charge in [-0.1, -0.05) is 39.8 Å². The van der Waals surface area contributed by atoms with E-state index < -0.39 is 0 Å². The first-order chi connectivity index (χ1) is 8.16. The lowest BCUT2D eigenvalue weighted by atomic mass is 10.0. The number of hydrogen-bond acceptors (Lipinski definition) is 1. The van der Waals surface area contributed by atoms with E-state index in [-0.39, 0.29) is 5.91 Å². The molecule has 0 heterocycles. The van der Waals surface area contributed by atoms with Crippen LogP contribution in [0.1, 0.15) is 62.4 Å². The van der Waals surface area contributed by atoms with Crippen LogP contribution in [0.2, 0.25) is 0 Å². The maximum Gasteiger partial charge on any atom is 0.251 e. The Balaban J connectivity index is 0.000000686. The van der Waals surface area contributed by atoms with Gasteiger partial charge in [0.05, 0.1) is 0 Å². The molecule has 0 atom stereocenters. The molecule has 1 aliphatic rings. The maximum atomic E-state index is 11.7. The van der Waals surface area contributed by atoms with Crippen molar-refractivity contribution >= 4 is 5.91 Å². The number of benzene rings is 1. The Kier molecular flexibility index (Phi) is 5.20. The normalized spacial score (nSPS) is 13.9. The van der Waals surface area contributed by atoms with Crippen molar-refractivity contribution in [3.8, 4) is 0 Å². The highest BCUT2D eigenvalue weighted by Gasteiger charge is 2.23. The first-order valence-corrected chi connectivity index (χ1v) is 6.57. The van der Waals surface area contributed by atoms with Crippen LogP contribution in [0.3, 0.4) is 0 Å². The van der Waals surface area contributed by atoms with Gasteiger partial charge in [0.15, 0.2) is 0 Å². The summed E-state index contributed by atoms with van der Waals surface area (Å²) in [6.07, 6.45) is 2.27. The van der Waals surface area contributed by atoms with Crippen molar-refractivity contribution in [2.24, 2.45) is 0 Å². The van der Waals surface area contributed by atoms with Crippen LogP contribution in [0.25, 0.3) is 0 Å². The van der Waals surface area contributed by atoms with Crippen molar-refractivity contribution in [3.63, 3.8) is 0 Å². The summed E-state index contributed by atoms with van der Waals surface area (Å²) in [6, 6.07) is 8.32. The zero-order valence-corrected chi connectivity index (χ0v) is 11.3. The van der Waals surface area contributed by atoms with Crippen LogP contribution in [0, 0.1) is 0 Å². The van der Waals surface area contributed by atoms with E-state index in [2.05, 4.69) is 19.2 Å². The standard InChI is InChI=1S/C13H17NO.C2H6/c1-9(2)10-3-5-11(6-4-10)13(15)14-12-7-8-12;1-2/h3-6,9,12H,7-8H2,1-2H3,(H,14,15);1-2H3. The van der Waals surface area contributed by atoms with Gasteiger partial charge in [-0.25, -0.2) is 0 Å². The molecule has 1 amide bonds. The second-order valence-corrected chi connectivity index (χ2v) is 4.52. The van der Waals surface area contributed by atoms with Crippen LogP contribution in [0.5, 0.6) is 0 Å². The molecule has 1 aromatic rings. The summed E-state index contributed by atoms with van der Waals surface area (Å²) in [5.74, 6) is 0.582. The van der Waals surface area contributed by atoms with E-state index in [1.807, 2.05) is 38.1 Å². The van der Waals surface area contributed by atoms with Gasteiger partial charge < -0.3 is 5.32 Å². The predicted molar refractivity (Wildman–Crippen MR) is 72.4 cm³/mol. The van der Waals surface area contributed by atoms with Gasteiger partial charge in [-0.2, -0.15) is 0 Å². The second kappa shape index (κ2) is 6.43. The van der Waals surface area contributed by atoms with Crippen LogP contribution in [0.15, 0.2) is 24.3 Å². The van der Waals surface area contributed by atoms with Gasteiger partial charge in [-0.3, -0.25) is 4.79 Å². The molecule has 0 unspecified atom stereocenters. The topological polar surface area (TPSA) is 29.1 Å². The molecule has 1 N–H and O–H groups in total. The summed E-state index contributed by atoms with van der Waals surface area (Å²) in [7, 11) is 0. The van der Waals surface area contributed by atoms with E-state index in [0.717, 1.165) is 18.4 Å². The largest absolute Gasteiger partial charge is 0.349 e. The van der Waals surface area contributed by atoms with Gasteiger partial charge in [0, 0.05) is 11.6 Å². The van der Waals surface area contributed by atoms with Crippen molar-refractivity contribution in [3.05, 3.63) is 35.4 Å². The van der Waals surface area contributed by atoms with Crippen LogP contribution < -0.4 is 5.32 Å². The summed E-state index contributed by atoms with van der Waals surface area (Å²) < 4.78 is 0. The molecule has 0 spiro atoms. The summed E-state index contributed by atoms with van der Waals surface area (Å²) in [6.45, 7) is 8.30. The van der Waals surface area contributed by atoms with E-state index >= 15 is 0 Å². The molecule has 0 aliphatic heterocycles. The van der Waals surface area contributed by atoms with E-state index in [1.165, 1.54) is 5.56 Å². The molecule has 0 saturated heterocycles.